The molecule has 1 heterocycles. The van der Waals surface area contributed by atoms with Gasteiger partial charge in [0.1, 0.15) is 9.84 Å². The van der Waals surface area contributed by atoms with Gasteiger partial charge in [0.2, 0.25) is 10.0 Å². The molecule has 1 unspecified atom stereocenters. The van der Waals surface area contributed by atoms with E-state index in [2.05, 4.69) is 4.72 Å². The first kappa shape index (κ1) is 15.9. The summed E-state index contributed by atoms with van der Waals surface area (Å²) in [6, 6.07) is -0.000524. The van der Waals surface area contributed by atoms with E-state index in [1.165, 1.54) is 0 Å². The van der Waals surface area contributed by atoms with Gasteiger partial charge in [0.25, 0.3) is 0 Å². The predicted molar refractivity (Wildman–Crippen MR) is 71.5 cm³/mol. The van der Waals surface area contributed by atoms with Crippen LogP contribution in [0.25, 0.3) is 0 Å². The van der Waals surface area contributed by atoms with E-state index < -0.39 is 25.1 Å². The fourth-order valence-electron chi connectivity index (χ4n) is 1.89. The zero-order valence-corrected chi connectivity index (χ0v) is 12.3. The molecule has 6 nitrogen and oxygen atoms in total. The maximum atomic E-state index is 11.9. The fraction of sp³-hybridized carbons (Fsp3) is 1.00. The number of nitrogens with one attached hydrogen (secondary N) is 1. The molecule has 1 fully saturated rings. The molecule has 0 amide bonds. The van der Waals surface area contributed by atoms with E-state index in [4.69, 9.17) is 5.73 Å². The Bertz CT molecular complexity index is 444. The largest absolute Gasteiger partial charge is 0.328 e. The van der Waals surface area contributed by atoms with E-state index in [9.17, 15) is 16.8 Å². The van der Waals surface area contributed by atoms with E-state index in [1.807, 2.05) is 6.92 Å². The van der Waals surface area contributed by atoms with Crippen molar-refractivity contribution in [2.75, 3.05) is 18.1 Å². The maximum absolute atomic E-state index is 11.9. The SMILES string of the molecule is CCC(N)CCNS(=O)(=O)C1CCS(=O)(=O)CC1. The molecule has 1 aliphatic heterocycles. The molecule has 0 radical (unpaired) electrons. The number of rotatable bonds is 6. The Morgan fingerprint density at radius 1 is 1.33 bits per heavy atom. The van der Waals surface area contributed by atoms with Crippen molar-refractivity contribution in [3.05, 3.63) is 0 Å². The van der Waals surface area contributed by atoms with Crippen molar-refractivity contribution < 1.29 is 16.8 Å². The van der Waals surface area contributed by atoms with Gasteiger partial charge in [-0.05, 0) is 25.7 Å². The molecule has 0 spiro atoms. The van der Waals surface area contributed by atoms with Gasteiger partial charge in [-0.25, -0.2) is 21.6 Å². The van der Waals surface area contributed by atoms with Crippen LogP contribution in [0.5, 0.6) is 0 Å². The lowest BCUT2D eigenvalue weighted by Crippen LogP contribution is -2.41. The molecule has 1 rings (SSSR count). The van der Waals surface area contributed by atoms with Gasteiger partial charge in [-0.1, -0.05) is 6.92 Å². The third kappa shape index (κ3) is 4.83. The summed E-state index contributed by atoms with van der Waals surface area (Å²) in [7, 11) is -6.43. The summed E-state index contributed by atoms with van der Waals surface area (Å²) >= 11 is 0. The molecule has 1 saturated heterocycles. The molecule has 3 N–H and O–H groups in total. The summed E-state index contributed by atoms with van der Waals surface area (Å²) in [5, 5.41) is -0.584. The predicted octanol–water partition coefficient (Wildman–Crippen LogP) is -0.390. The van der Waals surface area contributed by atoms with Gasteiger partial charge in [0.05, 0.1) is 16.8 Å². The van der Waals surface area contributed by atoms with Gasteiger partial charge in [-0.2, -0.15) is 0 Å². The molecule has 1 aliphatic rings. The molecule has 0 aliphatic carbocycles. The van der Waals surface area contributed by atoms with Crippen molar-refractivity contribution in [3.63, 3.8) is 0 Å². The number of sulfone groups is 1. The quantitative estimate of drug-likeness (QED) is 0.694. The van der Waals surface area contributed by atoms with Crippen LogP contribution in [-0.4, -0.2) is 46.2 Å². The molecule has 108 valence electrons. The molecule has 0 aromatic heterocycles. The first-order valence-corrected chi connectivity index (χ1v) is 9.58. The van der Waals surface area contributed by atoms with Crippen molar-refractivity contribution in [2.24, 2.45) is 5.73 Å². The number of hydrogen-bond acceptors (Lipinski definition) is 5. The zero-order chi connectivity index (χ0) is 13.8. The molecule has 1 atom stereocenters. The minimum Gasteiger partial charge on any atom is -0.328 e. The van der Waals surface area contributed by atoms with Crippen molar-refractivity contribution in [3.8, 4) is 0 Å². The molecule has 0 bridgehead atoms. The van der Waals surface area contributed by atoms with Crippen LogP contribution >= 0.6 is 0 Å². The molecule has 8 heteroatoms. The summed E-state index contributed by atoms with van der Waals surface area (Å²) in [5.74, 6) is -0.0693. The van der Waals surface area contributed by atoms with Crippen LogP contribution in [0.15, 0.2) is 0 Å². The van der Waals surface area contributed by atoms with Gasteiger partial charge in [0.15, 0.2) is 0 Å². The Kier molecular flexibility index (Phi) is 5.57. The average Bonchev–Trinajstić information content (AvgIpc) is 2.28. The standard InChI is InChI=1S/C10H22N2O4S2/c1-2-9(11)3-6-12-18(15,16)10-4-7-17(13,14)8-5-10/h9-10,12H,2-8,11H2,1H3. The molecule has 0 aromatic rings. The summed E-state index contributed by atoms with van der Waals surface area (Å²) in [4.78, 5) is 0. The van der Waals surface area contributed by atoms with Crippen LogP contribution in [0.2, 0.25) is 0 Å². The van der Waals surface area contributed by atoms with E-state index in [1.54, 1.807) is 0 Å². The Balaban J connectivity index is 2.45. The lowest BCUT2D eigenvalue weighted by atomic mass is 10.2. The summed E-state index contributed by atoms with van der Waals surface area (Å²) in [6.07, 6.45) is 1.79. The molecule has 0 aromatic carbocycles. The highest BCUT2D eigenvalue weighted by Gasteiger charge is 2.32. The third-order valence-corrected chi connectivity index (χ3v) is 6.95. The van der Waals surface area contributed by atoms with Crippen LogP contribution in [0.1, 0.15) is 32.6 Å². The van der Waals surface area contributed by atoms with Crippen LogP contribution < -0.4 is 10.5 Å². The van der Waals surface area contributed by atoms with Gasteiger partial charge < -0.3 is 5.73 Å². The van der Waals surface area contributed by atoms with Gasteiger partial charge in [0, 0.05) is 12.6 Å². The van der Waals surface area contributed by atoms with Crippen LogP contribution in [0.4, 0.5) is 0 Å². The Morgan fingerprint density at radius 2 is 1.89 bits per heavy atom. The number of sulfonamides is 1. The molecular formula is C10H22N2O4S2. The topological polar surface area (TPSA) is 106 Å². The van der Waals surface area contributed by atoms with Gasteiger partial charge in [-0.3, -0.25) is 0 Å². The highest BCUT2D eigenvalue weighted by atomic mass is 32.2. The Hall–Kier alpha value is -0.180. The zero-order valence-electron chi connectivity index (χ0n) is 10.6. The second-order valence-corrected chi connectivity index (χ2v) is 9.10. The molecular weight excluding hydrogens is 276 g/mol. The summed E-state index contributed by atoms with van der Waals surface area (Å²) in [5.41, 5.74) is 5.70. The first-order valence-electron chi connectivity index (χ1n) is 6.21. The first-order chi connectivity index (χ1) is 8.27. The van der Waals surface area contributed by atoms with E-state index >= 15 is 0 Å². The molecule has 0 saturated carbocycles. The number of nitrogens with two attached hydrogens (primary N) is 1. The van der Waals surface area contributed by atoms with E-state index in [0.717, 1.165) is 6.42 Å². The lowest BCUT2D eigenvalue weighted by molar-refractivity contribution is 0.532. The highest BCUT2D eigenvalue weighted by Crippen LogP contribution is 2.18. The Morgan fingerprint density at radius 3 is 2.39 bits per heavy atom. The lowest BCUT2D eigenvalue weighted by Gasteiger charge is -2.22. The summed E-state index contributed by atoms with van der Waals surface area (Å²) < 4.78 is 48.8. The molecule has 18 heavy (non-hydrogen) atoms. The maximum Gasteiger partial charge on any atom is 0.214 e. The second kappa shape index (κ2) is 6.31. The minimum atomic E-state index is -3.41. The normalized spacial score (nSPS) is 22.8. The fourth-order valence-corrected chi connectivity index (χ4v) is 5.17. The third-order valence-electron chi connectivity index (χ3n) is 3.28. The van der Waals surface area contributed by atoms with Crippen molar-refractivity contribution in [2.45, 2.75) is 43.9 Å². The second-order valence-electron chi connectivity index (χ2n) is 4.75. The Labute approximate surface area is 109 Å². The van der Waals surface area contributed by atoms with Crippen LogP contribution in [0, 0.1) is 0 Å². The number of hydrogen-bond donors (Lipinski definition) is 2. The van der Waals surface area contributed by atoms with Gasteiger partial charge >= 0.3 is 0 Å². The average molecular weight is 298 g/mol. The van der Waals surface area contributed by atoms with Crippen LogP contribution in [-0.2, 0) is 19.9 Å². The smallest absolute Gasteiger partial charge is 0.214 e. The monoisotopic (exact) mass is 298 g/mol. The van der Waals surface area contributed by atoms with Gasteiger partial charge in [-0.15, -0.1) is 0 Å². The van der Waals surface area contributed by atoms with Crippen molar-refractivity contribution in [1.29, 1.82) is 0 Å². The van der Waals surface area contributed by atoms with E-state index in [0.29, 0.717) is 13.0 Å². The van der Waals surface area contributed by atoms with Crippen LogP contribution in [0.3, 0.4) is 0 Å². The minimum absolute atomic E-state index is 0.000524. The summed E-state index contributed by atoms with van der Waals surface area (Å²) in [6.45, 7) is 2.27. The van der Waals surface area contributed by atoms with E-state index in [-0.39, 0.29) is 30.4 Å². The highest BCUT2D eigenvalue weighted by molar-refractivity contribution is 7.92. The van der Waals surface area contributed by atoms with Crippen molar-refractivity contribution >= 4 is 19.9 Å². The van der Waals surface area contributed by atoms with Crippen molar-refractivity contribution in [1.82, 2.24) is 4.72 Å².